The van der Waals surface area contributed by atoms with Gasteiger partial charge in [0.05, 0.1) is 22.4 Å². The van der Waals surface area contributed by atoms with E-state index in [1.165, 1.54) is 4.88 Å². The molecule has 36 heavy (non-hydrogen) atoms. The number of ether oxygens (including phenoxy) is 1. The minimum atomic E-state index is -0.268. The molecule has 2 aromatic heterocycles. The van der Waals surface area contributed by atoms with Gasteiger partial charge in [-0.2, -0.15) is 5.10 Å². The summed E-state index contributed by atoms with van der Waals surface area (Å²) in [7, 11) is 1.64. The Hall–Kier alpha value is -2.62. The largest absolute Gasteiger partial charge is 0.385 e. The SMILES string of the molecule is COCCCNC(=O)CN1C(=O)CS[C@@H](c2cccs2)c2c(C(C)(C)C)nn(-c3ccccc3C)c21. The van der Waals surface area contributed by atoms with Crippen molar-refractivity contribution >= 4 is 40.7 Å². The summed E-state index contributed by atoms with van der Waals surface area (Å²) in [5.74, 6) is 0.683. The van der Waals surface area contributed by atoms with E-state index in [4.69, 9.17) is 9.84 Å². The number of hydrogen-bond donors (Lipinski definition) is 1. The van der Waals surface area contributed by atoms with Crippen molar-refractivity contribution in [1.82, 2.24) is 15.1 Å². The Morgan fingerprint density at radius 1 is 1.22 bits per heavy atom. The van der Waals surface area contributed by atoms with E-state index in [2.05, 4.69) is 37.5 Å². The highest BCUT2D eigenvalue weighted by Crippen LogP contribution is 2.49. The topological polar surface area (TPSA) is 76.5 Å². The molecule has 3 aromatic rings. The van der Waals surface area contributed by atoms with E-state index in [0.717, 1.165) is 22.5 Å². The maximum atomic E-state index is 13.6. The van der Waals surface area contributed by atoms with Gasteiger partial charge >= 0.3 is 0 Å². The Labute approximate surface area is 221 Å². The molecule has 0 spiro atoms. The number of rotatable bonds is 8. The number of carbonyl (C=O) groups is 2. The third kappa shape index (κ3) is 5.53. The number of para-hydroxylation sites is 1. The van der Waals surface area contributed by atoms with E-state index < -0.39 is 0 Å². The number of hydrogen-bond acceptors (Lipinski definition) is 6. The van der Waals surface area contributed by atoms with Crippen molar-refractivity contribution in [2.45, 2.75) is 44.8 Å². The Balaban J connectivity index is 1.89. The minimum absolute atomic E-state index is 0.0503. The molecule has 0 saturated heterocycles. The average molecular weight is 527 g/mol. The van der Waals surface area contributed by atoms with E-state index in [-0.39, 0.29) is 34.8 Å². The molecule has 0 bridgehead atoms. The quantitative estimate of drug-likeness (QED) is 0.424. The van der Waals surface area contributed by atoms with Crippen molar-refractivity contribution in [2.75, 3.05) is 37.5 Å². The number of carbonyl (C=O) groups excluding carboxylic acids is 2. The number of benzene rings is 1. The van der Waals surface area contributed by atoms with Crippen molar-refractivity contribution in [1.29, 1.82) is 0 Å². The summed E-state index contributed by atoms with van der Waals surface area (Å²) in [5.41, 5.74) is 3.63. The van der Waals surface area contributed by atoms with Gasteiger partial charge in [0.1, 0.15) is 12.4 Å². The van der Waals surface area contributed by atoms with Gasteiger partial charge in [-0.15, -0.1) is 23.1 Å². The number of nitrogens with one attached hydrogen (secondary N) is 1. The molecule has 3 heterocycles. The lowest BCUT2D eigenvalue weighted by atomic mass is 9.88. The number of nitrogens with zero attached hydrogens (tertiary/aromatic N) is 3. The van der Waals surface area contributed by atoms with Crippen LogP contribution in [0.1, 0.15) is 54.1 Å². The van der Waals surface area contributed by atoms with Crippen molar-refractivity contribution in [2.24, 2.45) is 0 Å². The van der Waals surface area contributed by atoms with Gasteiger partial charge in [0.15, 0.2) is 0 Å². The van der Waals surface area contributed by atoms with E-state index >= 15 is 0 Å². The van der Waals surface area contributed by atoms with Gasteiger partial charge in [-0.05, 0) is 36.4 Å². The van der Waals surface area contributed by atoms with Crippen LogP contribution in [0.2, 0.25) is 0 Å². The first-order chi connectivity index (χ1) is 17.2. The average Bonchev–Trinajstić information content (AvgIpc) is 3.47. The van der Waals surface area contributed by atoms with Gasteiger partial charge in [-0.3, -0.25) is 14.5 Å². The van der Waals surface area contributed by atoms with Gasteiger partial charge in [0.25, 0.3) is 0 Å². The zero-order valence-corrected chi connectivity index (χ0v) is 23.2. The minimum Gasteiger partial charge on any atom is -0.385 e. The van der Waals surface area contributed by atoms with Crippen LogP contribution in [-0.2, 0) is 19.7 Å². The van der Waals surface area contributed by atoms with Crippen molar-refractivity contribution < 1.29 is 14.3 Å². The van der Waals surface area contributed by atoms with Gasteiger partial charge in [-0.1, -0.05) is 45.0 Å². The Morgan fingerprint density at radius 2 is 2.00 bits per heavy atom. The normalized spacial score (nSPS) is 16.1. The van der Waals surface area contributed by atoms with E-state index in [1.54, 1.807) is 35.1 Å². The maximum absolute atomic E-state index is 13.6. The highest BCUT2D eigenvalue weighted by atomic mass is 32.2. The molecule has 1 atom stereocenters. The van der Waals surface area contributed by atoms with Crippen LogP contribution in [0, 0.1) is 6.92 Å². The van der Waals surface area contributed by atoms with Crippen LogP contribution < -0.4 is 10.2 Å². The molecule has 192 valence electrons. The number of aromatic nitrogens is 2. The molecule has 1 N–H and O–H groups in total. The fourth-order valence-electron chi connectivity index (χ4n) is 4.35. The van der Waals surface area contributed by atoms with Crippen LogP contribution in [-0.4, -0.2) is 54.2 Å². The lowest BCUT2D eigenvalue weighted by molar-refractivity contribution is -0.122. The van der Waals surface area contributed by atoms with Crippen LogP contribution in [0.5, 0.6) is 0 Å². The molecule has 2 amide bonds. The molecule has 4 rings (SSSR count). The number of fused-ring (bicyclic) bond motifs is 1. The van der Waals surface area contributed by atoms with Crippen molar-refractivity contribution in [3.8, 4) is 5.69 Å². The van der Waals surface area contributed by atoms with Crippen LogP contribution in [0.3, 0.4) is 0 Å². The molecule has 9 heteroatoms. The fourth-order valence-corrected chi connectivity index (χ4v) is 6.53. The predicted octanol–water partition coefficient (Wildman–Crippen LogP) is 4.86. The molecular formula is C27H34N4O3S2. The zero-order chi connectivity index (χ0) is 25.9. The second-order valence-electron chi connectivity index (χ2n) is 9.92. The second-order valence-corrected chi connectivity index (χ2v) is 12.0. The van der Waals surface area contributed by atoms with Crippen molar-refractivity contribution in [3.63, 3.8) is 0 Å². The fraction of sp³-hybridized carbons (Fsp3) is 0.444. The van der Waals surface area contributed by atoms with E-state index in [1.807, 2.05) is 41.9 Å². The van der Waals surface area contributed by atoms with Crippen LogP contribution >= 0.6 is 23.1 Å². The molecule has 7 nitrogen and oxygen atoms in total. The summed E-state index contributed by atoms with van der Waals surface area (Å²) in [5, 5.41) is 10.1. The Bertz CT molecular complexity index is 1210. The summed E-state index contributed by atoms with van der Waals surface area (Å²) in [6, 6.07) is 12.2. The molecule has 1 aliphatic rings. The summed E-state index contributed by atoms with van der Waals surface area (Å²) in [4.78, 5) is 29.4. The van der Waals surface area contributed by atoms with Gasteiger partial charge in [0.2, 0.25) is 11.8 Å². The first-order valence-corrected chi connectivity index (χ1v) is 14.1. The number of aryl methyl sites for hydroxylation is 1. The third-order valence-corrected chi connectivity index (χ3v) is 8.42. The lowest BCUT2D eigenvalue weighted by Crippen LogP contribution is -2.42. The molecular weight excluding hydrogens is 492 g/mol. The highest BCUT2D eigenvalue weighted by Gasteiger charge is 2.40. The monoisotopic (exact) mass is 526 g/mol. The van der Waals surface area contributed by atoms with Gasteiger partial charge < -0.3 is 10.1 Å². The number of anilines is 1. The number of thioether (sulfide) groups is 1. The molecule has 0 radical (unpaired) electrons. The summed E-state index contributed by atoms with van der Waals surface area (Å²) >= 11 is 3.29. The van der Waals surface area contributed by atoms with Gasteiger partial charge in [-0.25, -0.2) is 4.68 Å². The van der Waals surface area contributed by atoms with E-state index in [0.29, 0.717) is 25.4 Å². The summed E-state index contributed by atoms with van der Waals surface area (Å²) in [6.07, 6.45) is 0.715. The highest BCUT2D eigenvalue weighted by molar-refractivity contribution is 8.00. The molecule has 0 unspecified atom stereocenters. The molecule has 0 saturated carbocycles. The molecule has 0 fully saturated rings. The molecule has 1 aromatic carbocycles. The number of amides is 2. The number of thiophene rings is 1. The van der Waals surface area contributed by atoms with Crippen LogP contribution in [0.25, 0.3) is 5.69 Å². The Morgan fingerprint density at radius 3 is 2.67 bits per heavy atom. The smallest absolute Gasteiger partial charge is 0.240 e. The summed E-state index contributed by atoms with van der Waals surface area (Å²) in [6.45, 7) is 9.49. The maximum Gasteiger partial charge on any atom is 0.240 e. The van der Waals surface area contributed by atoms with Crippen LogP contribution in [0.4, 0.5) is 5.82 Å². The summed E-state index contributed by atoms with van der Waals surface area (Å²) < 4.78 is 6.96. The second kappa shape index (κ2) is 11.2. The van der Waals surface area contributed by atoms with E-state index in [9.17, 15) is 9.59 Å². The van der Waals surface area contributed by atoms with Crippen molar-refractivity contribution in [3.05, 3.63) is 63.5 Å². The molecule has 1 aliphatic heterocycles. The molecule has 0 aliphatic carbocycles. The third-order valence-electron chi connectivity index (χ3n) is 6.09. The zero-order valence-electron chi connectivity index (χ0n) is 21.5. The first kappa shape index (κ1) is 26.4. The Kier molecular flexibility index (Phi) is 8.22. The predicted molar refractivity (Wildman–Crippen MR) is 147 cm³/mol. The standard InChI is InChI=1S/C27H34N4O3S2/c1-18-10-6-7-11-19(18)31-26-23(25(29-31)27(2,3)4)24(20-12-8-15-35-20)36-17-22(33)30(26)16-21(32)28-13-9-14-34-5/h6-8,10-12,15,24H,9,13-14,16-17H2,1-5H3,(H,28,32)/t24-/m0/s1. The van der Waals surface area contributed by atoms with Gasteiger partial charge in [0, 0.05) is 36.1 Å². The number of methoxy groups -OCH3 is 1. The lowest BCUT2D eigenvalue weighted by Gasteiger charge is -2.24. The first-order valence-electron chi connectivity index (χ1n) is 12.1. The van der Waals surface area contributed by atoms with Crippen LogP contribution in [0.15, 0.2) is 41.8 Å².